The fraction of sp³-hybridized carbons (Fsp3) is 0.240. The van der Waals surface area contributed by atoms with E-state index in [0.717, 1.165) is 17.8 Å². The molecule has 0 saturated heterocycles. The number of anilines is 1. The van der Waals surface area contributed by atoms with E-state index >= 15 is 0 Å². The van der Waals surface area contributed by atoms with E-state index < -0.39 is 0 Å². The van der Waals surface area contributed by atoms with Crippen LogP contribution in [-0.2, 0) is 11.2 Å². The molecule has 1 aromatic heterocycles. The van der Waals surface area contributed by atoms with Gasteiger partial charge in [0.1, 0.15) is 6.17 Å². The summed E-state index contributed by atoms with van der Waals surface area (Å²) in [5.41, 5.74) is 6.19. The average Bonchev–Trinajstić information content (AvgIpc) is 3.57. The van der Waals surface area contributed by atoms with Gasteiger partial charge in [0.05, 0.1) is 0 Å². The second-order valence-corrected chi connectivity index (χ2v) is 8.16. The van der Waals surface area contributed by atoms with Gasteiger partial charge in [0.25, 0.3) is 0 Å². The molecule has 0 spiro atoms. The maximum atomic E-state index is 11.0. The van der Waals surface area contributed by atoms with Crippen LogP contribution in [0, 0.1) is 6.92 Å². The van der Waals surface area contributed by atoms with Crippen molar-refractivity contribution in [2.45, 2.75) is 38.3 Å². The molecule has 156 valence electrons. The minimum Gasteiger partial charge on any atom is -0.332 e. The third-order valence-corrected chi connectivity index (χ3v) is 5.88. The normalized spacial score (nSPS) is 17.8. The summed E-state index contributed by atoms with van der Waals surface area (Å²) in [6.45, 7) is 2.14. The molecular formula is C25H25N5O. The summed E-state index contributed by atoms with van der Waals surface area (Å²) in [6.07, 6.45) is 5.60. The Hall–Kier alpha value is -3.67. The highest BCUT2D eigenvalue weighted by Gasteiger charge is 2.28. The third-order valence-electron chi connectivity index (χ3n) is 5.88. The zero-order chi connectivity index (χ0) is 21.2. The van der Waals surface area contributed by atoms with Gasteiger partial charge in [-0.1, -0.05) is 48.5 Å². The second-order valence-electron chi connectivity index (χ2n) is 8.16. The summed E-state index contributed by atoms with van der Waals surface area (Å²) >= 11 is 0. The molecule has 1 saturated carbocycles. The standard InChI is InChI=1S/C25H25N5O/c1-17-7-8-20(19-9-10-19)14-22(17)21-11-12-26-23(15-21)30-24(28-25(29-30)27-16-31)13-18-5-3-2-4-6-18/h2-8,11-12,14-16,19,24H,9-10,13H2,1H3,(H2,27,28,29,31). The van der Waals surface area contributed by atoms with Crippen LogP contribution in [0.15, 0.2) is 72.0 Å². The fourth-order valence-corrected chi connectivity index (χ4v) is 4.07. The Bertz CT molecular complexity index is 1120. The van der Waals surface area contributed by atoms with E-state index in [0.29, 0.717) is 18.3 Å². The zero-order valence-corrected chi connectivity index (χ0v) is 17.5. The Morgan fingerprint density at radius 2 is 1.97 bits per heavy atom. The van der Waals surface area contributed by atoms with Crippen LogP contribution in [0.2, 0.25) is 0 Å². The molecule has 2 heterocycles. The predicted octanol–water partition coefficient (Wildman–Crippen LogP) is 3.93. The van der Waals surface area contributed by atoms with Crippen LogP contribution in [0.4, 0.5) is 5.82 Å². The fourth-order valence-electron chi connectivity index (χ4n) is 4.07. The Labute approximate surface area is 182 Å². The van der Waals surface area contributed by atoms with Crippen molar-refractivity contribution in [3.05, 3.63) is 83.6 Å². The van der Waals surface area contributed by atoms with Crippen molar-refractivity contribution in [1.82, 2.24) is 15.6 Å². The van der Waals surface area contributed by atoms with Crippen molar-refractivity contribution in [3.8, 4) is 11.1 Å². The number of carbonyl (C=O) groups excluding carboxylic acids is 1. The van der Waals surface area contributed by atoms with Crippen molar-refractivity contribution in [1.29, 1.82) is 0 Å². The Morgan fingerprint density at radius 1 is 1.13 bits per heavy atom. The smallest absolute Gasteiger partial charge is 0.222 e. The monoisotopic (exact) mass is 411 g/mol. The van der Waals surface area contributed by atoms with Gasteiger partial charge in [-0.05, 0) is 65.6 Å². The highest BCUT2D eigenvalue weighted by atomic mass is 16.1. The molecule has 1 unspecified atom stereocenters. The number of aromatic nitrogens is 1. The number of nitrogens with one attached hydrogen (secondary N) is 2. The van der Waals surface area contributed by atoms with E-state index in [9.17, 15) is 4.79 Å². The van der Waals surface area contributed by atoms with Crippen LogP contribution in [0.1, 0.15) is 35.4 Å². The lowest BCUT2D eigenvalue weighted by atomic mass is 9.97. The van der Waals surface area contributed by atoms with Gasteiger partial charge in [0, 0.05) is 12.6 Å². The summed E-state index contributed by atoms with van der Waals surface area (Å²) < 4.78 is 0. The second kappa shape index (κ2) is 8.22. The molecule has 1 fully saturated rings. The van der Waals surface area contributed by atoms with Crippen molar-refractivity contribution >= 4 is 18.2 Å². The number of rotatable bonds is 6. The number of nitrogens with zero attached hydrogens (tertiary/aromatic N) is 3. The summed E-state index contributed by atoms with van der Waals surface area (Å²) in [5, 5.41) is 12.3. The molecule has 1 amide bonds. The molecule has 0 bridgehead atoms. The Morgan fingerprint density at radius 3 is 2.74 bits per heavy atom. The molecular weight excluding hydrogens is 386 g/mol. The number of hydrogen-bond donors (Lipinski definition) is 2. The van der Waals surface area contributed by atoms with Crippen molar-refractivity contribution < 1.29 is 4.79 Å². The number of carbonyl (C=O) groups is 1. The number of hydrogen-bond acceptors (Lipinski definition) is 5. The summed E-state index contributed by atoms with van der Waals surface area (Å²) in [4.78, 5) is 15.6. The summed E-state index contributed by atoms with van der Waals surface area (Å²) in [6, 6.07) is 21.1. The lowest BCUT2D eigenvalue weighted by Gasteiger charge is -2.23. The summed E-state index contributed by atoms with van der Waals surface area (Å²) in [5.74, 6) is 1.88. The largest absolute Gasteiger partial charge is 0.332 e. The maximum Gasteiger partial charge on any atom is 0.222 e. The van der Waals surface area contributed by atoms with Crippen molar-refractivity contribution in [2.75, 3.05) is 5.01 Å². The lowest BCUT2D eigenvalue weighted by Crippen LogP contribution is -2.43. The molecule has 31 heavy (non-hydrogen) atoms. The van der Waals surface area contributed by atoms with Crippen molar-refractivity contribution in [2.24, 2.45) is 5.10 Å². The minimum atomic E-state index is -0.147. The molecule has 1 aliphatic heterocycles. The van der Waals surface area contributed by atoms with Gasteiger partial charge in [-0.2, -0.15) is 0 Å². The molecule has 2 N–H and O–H groups in total. The molecule has 3 aromatic rings. The molecule has 2 aliphatic rings. The lowest BCUT2D eigenvalue weighted by molar-refractivity contribution is -0.108. The number of hydrazone groups is 1. The molecule has 0 radical (unpaired) electrons. The molecule has 6 heteroatoms. The number of pyridine rings is 1. The van der Waals surface area contributed by atoms with Crippen LogP contribution in [0.5, 0.6) is 0 Å². The van der Waals surface area contributed by atoms with Crippen LogP contribution in [0.3, 0.4) is 0 Å². The highest BCUT2D eigenvalue weighted by molar-refractivity contribution is 5.91. The minimum absolute atomic E-state index is 0.147. The Kier molecular flexibility index (Phi) is 5.12. The first-order valence-electron chi connectivity index (χ1n) is 10.7. The van der Waals surface area contributed by atoms with Crippen LogP contribution in [0.25, 0.3) is 11.1 Å². The van der Waals surface area contributed by atoms with Gasteiger partial charge in [-0.25, -0.2) is 9.99 Å². The summed E-state index contributed by atoms with van der Waals surface area (Å²) in [7, 11) is 0. The van der Waals surface area contributed by atoms with Gasteiger partial charge in [-0.15, -0.1) is 5.10 Å². The molecule has 5 rings (SSSR count). The van der Waals surface area contributed by atoms with Crippen LogP contribution in [-0.4, -0.2) is 23.5 Å². The van der Waals surface area contributed by atoms with E-state index in [1.807, 2.05) is 35.5 Å². The first kappa shape index (κ1) is 19.3. The van der Waals surface area contributed by atoms with E-state index in [-0.39, 0.29) is 6.17 Å². The van der Waals surface area contributed by atoms with Crippen molar-refractivity contribution in [3.63, 3.8) is 0 Å². The van der Waals surface area contributed by atoms with Crippen LogP contribution >= 0.6 is 0 Å². The first-order valence-corrected chi connectivity index (χ1v) is 10.7. The topological polar surface area (TPSA) is 69.6 Å². The Balaban J connectivity index is 1.48. The first-order chi connectivity index (χ1) is 15.2. The third kappa shape index (κ3) is 4.14. The van der Waals surface area contributed by atoms with Gasteiger partial charge in [-0.3, -0.25) is 10.1 Å². The van der Waals surface area contributed by atoms with E-state index in [1.165, 1.54) is 35.1 Å². The SMILES string of the molecule is Cc1ccc(C2CC2)cc1-c1ccnc(N2N=C(NC=O)NC2Cc2ccccc2)c1. The molecule has 1 aliphatic carbocycles. The van der Waals surface area contributed by atoms with Gasteiger partial charge in [0.15, 0.2) is 5.82 Å². The predicted molar refractivity (Wildman–Crippen MR) is 123 cm³/mol. The molecule has 1 atom stereocenters. The zero-order valence-electron chi connectivity index (χ0n) is 17.5. The van der Waals surface area contributed by atoms with Crippen LogP contribution < -0.4 is 15.6 Å². The number of benzene rings is 2. The quantitative estimate of drug-likeness (QED) is 0.603. The van der Waals surface area contributed by atoms with Gasteiger partial charge in [0.2, 0.25) is 12.4 Å². The van der Waals surface area contributed by atoms with E-state index in [2.05, 4.69) is 64.0 Å². The average molecular weight is 412 g/mol. The number of aryl methyl sites for hydroxylation is 1. The highest BCUT2D eigenvalue weighted by Crippen LogP contribution is 2.42. The molecule has 6 nitrogen and oxygen atoms in total. The van der Waals surface area contributed by atoms with E-state index in [4.69, 9.17) is 0 Å². The van der Waals surface area contributed by atoms with E-state index in [1.54, 1.807) is 0 Å². The van der Waals surface area contributed by atoms with Gasteiger partial charge < -0.3 is 5.32 Å². The maximum absolute atomic E-state index is 11.0. The number of guanidine groups is 1. The number of amides is 1. The molecule has 2 aromatic carbocycles. The van der Waals surface area contributed by atoms with Gasteiger partial charge >= 0.3 is 0 Å².